The molecule has 1 aromatic rings. The molecule has 1 atom stereocenters. The van der Waals surface area contributed by atoms with Crippen LogP contribution in [-0.4, -0.2) is 28.0 Å². The number of carbonyl (C=O) groups is 1. The van der Waals surface area contributed by atoms with Crippen LogP contribution in [0.2, 0.25) is 0 Å². The quantitative estimate of drug-likeness (QED) is 0.874. The number of rotatable bonds is 4. The van der Waals surface area contributed by atoms with Crippen LogP contribution in [0, 0.1) is 0 Å². The molecule has 1 fully saturated rings. The number of amides is 1. The first-order valence-electron chi connectivity index (χ1n) is 6.87. The summed E-state index contributed by atoms with van der Waals surface area (Å²) in [5.41, 5.74) is 6.39. The normalized spacial score (nSPS) is 18.5. The van der Waals surface area contributed by atoms with Crippen molar-refractivity contribution in [2.45, 2.75) is 44.7 Å². The van der Waals surface area contributed by atoms with Crippen LogP contribution in [0.25, 0.3) is 0 Å². The lowest BCUT2D eigenvalue weighted by atomic mass is 9.76. The molecule has 4 heteroatoms. The Bertz CT molecular complexity index is 469. The van der Waals surface area contributed by atoms with Crippen molar-refractivity contribution in [1.29, 1.82) is 0 Å². The van der Waals surface area contributed by atoms with E-state index in [2.05, 4.69) is 0 Å². The summed E-state index contributed by atoms with van der Waals surface area (Å²) < 4.78 is 0. The van der Waals surface area contributed by atoms with Crippen molar-refractivity contribution in [3.05, 3.63) is 29.8 Å². The molecule has 104 valence electrons. The van der Waals surface area contributed by atoms with Gasteiger partial charge in [0.1, 0.15) is 5.75 Å². The minimum atomic E-state index is -0.666. The lowest BCUT2D eigenvalue weighted by Crippen LogP contribution is -2.59. The van der Waals surface area contributed by atoms with Crippen molar-refractivity contribution in [1.82, 2.24) is 4.90 Å². The molecule has 1 amide bonds. The molecule has 0 aliphatic heterocycles. The highest BCUT2D eigenvalue weighted by Gasteiger charge is 2.43. The summed E-state index contributed by atoms with van der Waals surface area (Å²) in [4.78, 5) is 14.3. The molecule has 19 heavy (non-hydrogen) atoms. The molecule has 3 N–H and O–H groups in total. The van der Waals surface area contributed by atoms with E-state index in [0.29, 0.717) is 6.54 Å². The fourth-order valence-electron chi connectivity index (χ4n) is 2.62. The van der Waals surface area contributed by atoms with Gasteiger partial charge in [-0.1, -0.05) is 12.1 Å². The number of hydrogen-bond donors (Lipinski definition) is 2. The molecule has 0 saturated heterocycles. The van der Waals surface area contributed by atoms with Crippen LogP contribution in [0.1, 0.15) is 44.7 Å². The van der Waals surface area contributed by atoms with Gasteiger partial charge in [0.15, 0.2) is 0 Å². The molecule has 2 rings (SSSR count). The SMILES string of the molecule is CCN(C(=O)C1(N)CCC1)C(C)c1cccc(O)c1. The summed E-state index contributed by atoms with van der Waals surface area (Å²) in [7, 11) is 0. The Morgan fingerprint density at radius 1 is 1.53 bits per heavy atom. The van der Waals surface area contributed by atoms with E-state index in [1.54, 1.807) is 23.1 Å². The Hall–Kier alpha value is -1.55. The lowest BCUT2D eigenvalue weighted by Gasteiger charge is -2.42. The maximum atomic E-state index is 12.5. The molecule has 1 aliphatic carbocycles. The van der Waals surface area contributed by atoms with Crippen molar-refractivity contribution in [2.75, 3.05) is 6.54 Å². The molecule has 1 saturated carbocycles. The molecule has 0 bridgehead atoms. The van der Waals surface area contributed by atoms with Gasteiger partial charge in [0.2, 0.25) is 5.91 Å². The number of nitrogens with zero attached hydrogens (tertiary/aromatic N) is 1. The summed E-state index contributed by atoms with van der Waals surface area (Å²) in [6.45, 7) is 4.55. The van der Waals surface area contributed by atoms with E-state index in [-0.39, 0.29) is 17.7 Å². The minimum Gasteiger partial charge on any atom is -0.508 e. The summed E-state index contributed by atoms with van der Waals surface area (Å²) in [6.07, 6.45) is 2.57. The summed E-state index contributed by atoms with van der Waals surface area (Å²) >= 11 is 0. The van der Waals surface area contributed by atoms with Crippen molar-refractivity contribution >= 4 is 5.91 Å². The average Bonchev–Trinajstić information content (AvgIpc) is 2.36. The van der Waals surface area contributed by atoms with Crippen LogP contribution in [0.4, 0.5) is 0 Å². The highest BCUT2D eigenvalue weighted by atomic mass is 16.3. The molecule has 0 aromatic heterocycles. The second-order valence-electron chi connectivity index (χ2n) is 5.37. The lowest BCUT2D eigenvalue weighted by molar-refractivity contribution is -0.142. The Morgan fingerprint density at radius 2 is 2.21 bits per heavy atom. The number of phenolic OH excluding ortho intramolecular Hbond substituents is 1. The number of carbonyl (C=O) groups excluding carboxylic acids is 1. The second-order valence-corrected chi connectivity index (χ2v) is 5.37. The van der Waals surface area contributed by atoms with Crippen LogP contribution in [0.5, 0.6) is 5.75 Å². The summed E-state index contributed by atoms with van der Waals surface area (Å²) in [5, 5.41) is 9.54. The number of nitrogens with two attached hydrogens (primary N) is 1. The first-order chi connectivity index (χ1) is 8.98. The van der Waals surface area contributed by atoms with Crippen LogP contribution in [0.3, 0.4) is 0 Å². The zero-order valence-corrected chi connectivity index (χ0v) is 11.6. The predicted octanol–water partition coefficient (Wildman–Crippen LogP) is 2.18. The fourth-order valence-corrected chi connectivity index (χ4v) is 2.62. The van der Waals surface area contributed by atoms with Gasteiger partial charge in [-0.2, -0.15) is 0 Å². The Morgan fingerprint density at radius 3 is 2.68 bits per heavy atom. The molecular formula is C15H22N2O2. The largest absolute Gasteiger partial charge is 0.508 e. The van der Waals surface area contributed by atoms with E-state index in [1.807, 2.05) is 19.9 Å². The van der Waals surface area contributed by atoms with Crippen molar-refractivity contribution in [3.8, 4) is 5.75 Å². The van der Waals surface area contributed by atoms with Crippen molar-refractivity contribution < 1.29 is 9.90 Å². The summed E-state index contributed by atoms with van der Waals surface area (Å²) in [6, 6.07) is 6.96. The third kappa shape index (κ3) is 2.59. The van der Waals surface area contributed by atoms with Crippen molar-refractivity contribution in [2.24, 2.45) is 5.73 Å². The fraction of sp³-hybridized carbons (Fsp3) is 0.533. The zero-order valence-electron chi connectivity index (χ0n) is 11.6. The van der Waals surface area contributed by atoms with Crippen LogP contribution >= 0.6 is 0 Å². The van der Waals surface area contributed by atoms with E-state index in [9.17, 15) is 9.90 Å². The number of benzene rings is 1. The van der Waals surface area contributed by atoms with Crippen LogP contribution in [0.15, 0.2) is 24.3 Å². The zero-order chi connectivity index (χ0) is 14.0. The van der Waals surface area contributed by atoms with E-state index >= 15 is 0 Å². The average molecular weight is 262 g/mol. The third-order valence-corrected chi connectivity index (χ3v) is 4.09. The van der Waals surface area contributed by atoms with Gasteiger partial charge in [-0.3, -0.25) is 4.79 Å². The number of hydrogen-bond acceptors (Lipinski definition) is 3. The van der Waals surface area contributed by atoms with Crippen molar-refractivity contribution in [3.63, 3.8) is 0 Å². The van der Waals surface area contributed by atoms with Gasteiger partial charge in [0, 0.05) is 6.54 Å². The maximum Gasteiger partial charge on any atom is 0.243 e. The molecule has 0 spiro atoms. The third-order valence-electron chi connectivity index (χ3n) is 4.09. The molecule has 0 radical (unpaired) electrons. The maximum absolute atomic E-state index is 12.5. The van der Waals surface area contributed by atoms with E-state index in [0.717, 1.165) is 24.8 Å². The Kier molecular flexibility index (Phi) is 3.80. The van der Waals surface area contributed by atoms with Crippen LogP contribution < -0.4 is 5.73 Å². The topological polar surface area (TPSA) is 66.6 Å². The van der Waals surface area contributed by atoms with Gasteiger partial charge in [-0.25, -0.2) is 0 Å². The molecule has 1 aliphatic rings. The van der Waals surface area contributed by atoms with Gasteiger partial charge < -0.3 is 15.7 Å². The predicted molar refractivity (Wildman–Crippen MR) is 74.7 cm³/mol. The molecular weight excluding hydrogens is 240 g/mol. The van der Waals surface area contributed by atoms with Gasteiger partial charge in [-0.05, 0) is 50.8 Å². The second kappa shape index (κ2) is 5.21. The van der Waals surface area contributed by atoms with Gasteiger partial charge in [0.05, 0.1) is 11.6 Å². The first-order valence-corrected chi connectivity index (χ1v) is 6.87. The standard InChI is InChI=1S/C15H22N2O2/c1-3-17(14(19)15(16)8-5-9-15)11(2)12-6-4-7-13(18)10-12/h4,6-7,10-11,18H,3,5,8-9,16H2,1-2H3. The smallest absolute Gasteiger partial charge is 0.243 e. The Balaban J connectivity index is 2.19. The van der Waals surface area contributed by atoms with E-state index < -0.39 is 5.54 Å². The molecule has 1 aromatic carbocycles. The van der Waals surface area contributed by atoms with E-state index in [1.165, 1.54) is 0 Å². The number of likely N-dealkylation sites (N-methyl/N-ethyl adjacent to an activating group) is 1. The van der Waals surface area contributed by atoms with Gasteiger partial charge in [-0.15, -0.1) is 0 Å². The highest BCUT2D eigenvalue weighted by molar-refractivity contribution is 5.87. The molecule has 4 nitrogen and oxygen atoms in total. The summed E-state index contributed by atoms with van der Waals surface area (Å²) in [5.74, 6) is 0.246. The molecule has 0 heterocycles. The van der Waals surface area contributed by atoms with Gasteiger partial charge >= 0.3 is 0 Å². The number of aromatic hydroxyl groups is 1. The number of phenols is 1. The Labute approximate surface area is 114 Å². The molecule has 1 unspecified atom stereocenters. The first kappa shape index (κ1) is 13.9. The van der Waals surface area contributed by atoms with E-state index in [4.69, 9.17) is 5.73 Å². The monoisotopic (exact) mass is 262 g/mol. The minimum absolute atomic E-state index is 0.0251. The van der Waals surface area contributed by atoms with Crippen LogP contribution in [-0.2, 0) is 4.79 Å². The van der Waals surface area contributed by atoms with Gasteiger partial charge in [0.25, 0.3) is 0 Å². The highest BCUT2D eigenvalue weighted by Crippen LogP contribution is 2.34.